The number of nitrogens with one attached hydrogen (secondary N) is 1. The van der Waals surface area contributed by atoms with E-state index >= 15 is 0 Å². The minimum atomic E-state index is 0.184. The average Bonchev–Trinajstić information content (AvgIpc) is 2.72. The van der Waals surface area contributed by atoms with Crippen LogP contribution in [0, 0.1) is 19.8 Å². The van der Waals surface area contributed by atoms with Crippen molar-refractivity contribution < 1.29 is 4.79 Å². The van der Waals surface area contributed by atoms with Gasteiger partial charge >= 0.3 is 0 Å². The molecule has 3 aliphatic heterocycles. The Balaban J connectivity index is 1.71. The van der Waals surface area contributed by atoms with E-state index in [0.717, 1.165) is 36.4 Å². The number of benzene rings is 1. The molecule has 4 nitrogen and oxygen atoms in total. The van der Waals surface area contributed by atoms with Crippen molar-refractivity contribution in [2.24, 2.45) is 5.92 Å². The van der Waals surface area contributed by atoms with Crippen LogP contribution in [0.5, 0.6) is 0 Å². The second-order valence-electron chi connectivity index (χ2n) is 7.35. The van der Waals surface area contributed by atoms with Gasteiger partial charge in [-0.25, -0.2) is 0 Å². The lowest BCUT2D eigenvalue weighted by Crippen LogP contribution is -2.41. The Kier molecular flexibility index (Phi) is 3.45. The van der Waals surface area contributed by atoms with E-state index in [0.29, 0.717) is 12.0 Å². The molecule has 3 aliphatic rings. The van der Waals surface area contributed by atoms with Gasteiger partial charge < -0.3 is 14.8 Å². The van der Waals surface area contributed by atoms with Crippen LogP contribution in [0.3, 0.4) is 0 Å². The summed E-state index contributed by atoms with van der Waals surface area (Å²) in [6, 6.07) is 6.60. The summed E-state index contributed by atoms with van der Waals surface area (Å²) in [4.78, 5) is 21.1. The summed E-state index contributed by atoms with van der Waals surface area (Å²) in [5.74, 6) is 0.804. The highest BCUT2D eigenvalue weighted by Crippen LogP contribution is 2.29. The van der Waals surface area contributed by atoms with Crippen molar-refractivity contribution in [1.82, 2.24) is 14.8 Å². The maximum absolute atomic E-state index is 13.2. The SMILES string of the molecule is Cc1[nH]c2c(C(=O)N3C[C@@H]4CC[C@H](C3)N(C)C4)cccc2c1C. The van der Waals surface area contributed by atoms with E-state index in [9.17, 15) is 4.79 Å². The molecule has 2 bridgehead atoms. The molecule has 4 heterocycles. The molecule has 4 heteroatoms. The average molecular weight is 311 g/mol. The lowest BCUT2D eigenvalue weighted by atomic mass is 9.96. The molecule has 0 radical (unpaired) electrons. The lowest BCUT2D eigenvalue weighted by molar-refractivity contribution is 0.0744. The minimum absolute atomic E-state index is 0.184. The zero-order valence-corrected chi connectivity index (χ0v) is 14.2. The van der Waals surface area contributed by atoms with Crippen LogP contribution in [0.15, 0.2) is 18.2 Å². The van der Waals surface area contributed by atoms with Gasteiger partial charge in [0.15, 0.2) is 0 Å². The van der Waals surface area contributed by atoms with Crippen molar-refractivity contribution in [2.45, 2.75) is 32.7 Å². The number of para-hydroxylation sites is 1. The third-order valence-electron chi connectivity index (χ3n) is 5.85. The number of aromatic amines is 1. The van der Waals surface area contributed by atoms with Crippen molar-refractivity contribution in [3.8, 4) is 0 Å². The van der Waals surface area contributed by atoms with Gasteiger partial charge in [-0.05, 0) is 51.3 Å². The number of carbonyl (C=O) groups is 1. The Morgan fingerprint density at radius 1 is 1.17 bits per heavy atom. The number of piperidine rings is 1. The molecule has 1 aromatic heterocycles. The molecule has 0 unspecified atom stereocenters. The fraction of sp³-hybridized carbons (Fsp3) is 0.526. The summed E-state index contributed by atoms with van der Waals surface area (Å²) in [6.07, 6.45) is 2.47. The smallest absolute Gasteiger partial charge is 0.256 e. The normalized spacial score (nSPS) is 25.1. The molecule has 1 N–H and O–H groups in total. The predicted molar refractivity (Wildman–Crippen MR) is 92.8 cm³/mol. The van der Waals surface area contributed by atoms with E-state index in [1.807, 2.05) is 12.1 Å². The van der Waals surface area contributed by atoms with Crippen LogP contribution in [0.25, 0.3) is 10.9 Å². The number of H-pyrrole nitrogens is 1. The number of fused-ring (bicyclic) bond motifs is 5. The van der Waals surface area contributed by atoms with Crippen LogP contribution in [0.2, 0.25) is 0 Å². The molecule has 0 spiro atoms. The predicted octanol–water partition coefficient (Wildman–Crippen LogP) is 2.95. The zero-order chi connectivity index (χ0) is 16.1. The first kappa shape index (κ1) is 14.8. The van der Waals surface area contributed by atoms with Gasteiger partial charge in [0.2, 0.25) is 0 Å². The number of nitrogens with zero attached hydrogens (tertiary/aromatic N) is 2. The van der Waals surface area contributed by atoms with Gasteiger partial charge in [0.1, 0.15) is 0 Å². The Morgan fingerprint density at radius 2 is 2.00 bits per heavy atom. The number of amides is 1. The van der Waals surface area contributed by atoms with Crippen molar-refractivity contribution in [3.05, 3.63) is 35.0 Å². The molecule has 3 fully saturated rings. The van der Waals surface area contributed by atoms with Gasteiger partial charge in [0.25, 0.3) is 5.91 Å². The maximum Gasteiger partial charge on any atom is 0.256 e. The van der Waals surface area contributed by atoms with Crippen LogP contribution in [0.1, 0.15) is 34.5 Å². The molecule has 23 heavy (non-hydrogen) atoms. The Bertz CT molecular complexity index is 763. The highest BCUT2D eigenvalue weighted by atomic mass is 16.2. The summed E-state index contributed by atoms with van der Waals surface area (Å²) in [7, 11) is 2.20. The van der Waals surface area contributed by atoms with Crippen LogP contribution in [-0.4, -0.2) is 53.4 Å². The van der Waals surface area contributed by atoms with E-state index in [-0.39, 0.29) is 5.91 Å². The van der Waals surface area contributed by atoms with Crippen LogP contribution in [0.4, 0.5) is 0 Å². The molecule has 0 aliphatic carbocycles. The number of hydrogen-bond acceptors (Lipinski definition) is 2. The quantitative estimate of drug-likeness (QED) is 0.879. The Hall–Kier alpha value is -1.81. The molecule has 122 valence electrons. The van der Waals surface area contributed by atoms with Gasteiger partial charge in [-0.1, -0.05) is 12.1 Å². The molecule has 1 aromatic carbocycles. The summed E-state index contributed by atoms with van der Waals surface area (Å²) >= 11 is 0. The van der Waals surface area contributed by atoms with Crippen LogP contribution < -0.4 is 0 Å². The first-order chi connectivity index (χ1) is 11.0. The minimum Gasteiger partial charge on any atom is -0.358 e. The van der Waals surface area contributed by atoms with Crippen molar-refractivity contribution in [3.63, 3.8) is 0 Å². The number of aromatic nitrogens is 1. The molecule has 2 aromatic rings. The number of hydrogen-bond donors (Lipinski definition) is 1. The molecule has 5 rings (SSSR count). The number of carbonyl (C=O) groups excluding carboxylic acids is 1. The van der Waals surface area contributed by atoms with E-state index in [2.05, 4.69) is 41.7 Å². The molecule has 2 atom stereocenters. The highest BCUT2D eigenvalue weighted by Gasteiger charge is 2.35. The zero-order valence-electron chi connectivity index (χ0n) is 14.2. The summed E-state index contributed by atoms with van der Waals surface area (Å²) in [5, 5.41) is 1.17. The topological polar surface area (TPSA) is 39.3 Å². The number of rotatable bonds is 1. The second kappa shape index (κ2) is 5.38. The molecular formula is C19H25N3O. The van der Waals surface area contributed by atoms with E-state index in [1.165, 1.54) is 23.8 Å². The van der Waals surface area contributed by atoms with E-state index < -0.39 is 0 Å². The number of likely N-dealkylation sites (N-methyl/N-ethyl adjacent to an activating group) is 1. The van der Waals surface area contributed by atoms with E-state index in [1.54, 1.807) is 0 Å². The largest absolute Gasteiger partial charge is 0.358 e. The van der Waals surface area contributed by atoms with Gasteiger partial charge in [0.05, 0.1) is 11.1 Å². The third-order valence-corrected chi connectivity index (χ3v) is 5.85. The van der Waals surface area contributed by atoms with Crippen molar-refractivity contribution in [2.75, 3.05) is 26.7 Å². The number of aryl methyl sites for hydroxylation is 2. The second-order valence-corrected chi connectivity index (χ2v) is 7.35. The molecular weight excluding hydrogens is 286 g/mol. The Labute approximate surface area is 137 Å². The summed E-state index contributed by atoms with van der Waals surface area (Å²) in [5.41, 5.74) is 4.21. The first-order valence-corrected chi connectivity index (χ1v) is 8.62. The summed E-state index contributed by atoms with van der Waals surface area (Å²) in [6.45, 7) is 7.07. The van der Waals surface area contributed by atoms with Crippen molar-refractivity contribution in [1.29, 1.82) is 0 Å². The third kappa shape index (κ3) is 2.36. The monoisotopic (exact) mass is 311 g/mol. The van der Waals surface area contributed by atoms with Gasteiger partial charge in [-0.15, -0.1) is 0 Å². The molecule has 1 amide bonds. The van der Waals surface area contributed by atoms with Crippen LogP contribution >= 0.6 is 0 Å². The van der Waals surface area contributed by atoms with E-state index in [4.69, 9.17) is 0 Å². The summed E-state index contributed by atoms with van der Waals surface area (Å²) < 4.78 is 0. The lowest BCUT2D eigenvalue weighted by Gasteiger charge is -2.32. The molecule has 0 saturated carbocycles. The Morgan fingerprint density at radius 3 is 2.78 bits per heavy atom. The van der Waals surface area contributed by atoms with Gasteiger partial charge in [-0.3, -0.25) is 4.79 Å². The van der Waals surface area contributed by atoms with Gasteiger partial charge in [0, 0.05) is 36.8 Å². The van der Waals surface area contributed by atoms with Crippen LogP contribution in [-0.2, 0) is 0 Å². The molecule has 3 saturated heterocycles. The standard InChI is InChI=1S/C19H25N3O/c1-12-13(2)20-18-16(12)5-4-6-17(18)19(23)22-10-14-7-8-15(11-22)21(3)9-14/h4-6,14-15,20H,7-11H2,1-3H3/t14-,15-/m1/s1. The van der Waals surface area contributed by atoms with Crippen molar-refractivity contribution >= 4 is 16.8 Å². The van der Waals surface area contributed by atoms with Gasteiger partial charge in [-0.2, -0.15) is 0 Å². The maximum atomic E-state index is 13.2. The highest BCUT2D eigenvalue weighted by molar-refractivity contribution is 6.06. The fourth-order valence-electron chi connectivity index (χ4n) is 4.31. The fourth-order valence-corrected chi connectivity index (χ4v) is 4.31. The first-order valence-electron chi connectivity index (χ1n) is 8.62.